The van der Waals surface area contributed by atoms with E-state index in [9.17, 15) is 38.4 Å². The number of carbonyl (C=O) groups is 8. The maximum atomic E-state index is 12.5. The van der Waals surface area contributed by atoms with Gasteiger partial charge >= 0.3 is 0 Å². The molecule has 9 aromatic carbocycles. The first-order valence-corrected chi connectivity index (χ1v) is 31.6. The highest BCUT2D eigenvalue weighted by Gasteiger charge is 2.31. The minimum absolute atomic E-state index is 0.322. The lowest BCUT2D eigenvalue weighted by atomic mass is 9.71. The molecule has 16 heteroatoms. The summed E-state index contributed by atoms with van der Waals surface area (Å²) in [5.74, 6) is -1.44. The SMILES string of the molecule is O=C(Cl)c1ccc(CC(Cc2ccc(C(=O)Cl)cc2)c2cc(C(Cc3ccc(C(=O)Cl)cc3)Cc3ccc(C(=O)Cl)cc3)c(C(Cc3ccc(C(=O)Cl)cc3)Cc3ccc(C(=O)Cl)cc3)cc2C(Cc2ccc(C(=O)Cl)cc2)Cc2ccc(C(=O)Cl)cc2)cc1. The Morgan fingerprint density at radius 1 is 0.189 bits per heavy atom. The van der Waals surface area contributed by atoms with Gasteiger partial charge in [-0.05, 0) is 332 Å². The molecule has 454 valence electrons. The van der Waals surface area contributed by atoms with E-state index in [2.05, 4.69) is 12.1 Å². The summed E-state index contributed by atoms with van der Waals surface area (Å²) in [5, 5.41) is -4.85. The van der Waals surface area contributed by atoms with Crippen molar-refractivity contribution < 1.29 is 38.4 Å². The normalized spacial score (nSPS) is 11.3. The van der Waals surface area contributed by atoms with Crippen LogP contribution in [0, 0.1) is 0 Å². The monoisotopic (exact) mass is 1350 g/mol. The second-order valence-electron chi connectivity index (χ2n) is 22.3. The summed E-state index contributed by atoms with van der Waals surface area (Å²) in [6.07, 6.45) is 3.43. The summed E-state index contributed by atoms with van der Waals surface area (Å²) in [6.45, 7) is 0. The summed E-state index contributed by atoms with van der Waals surface area (Å²) < 4.78 is 0. The van der Waals surface area contributed by atoms with Crippen LogP contribution in [0.5, 0.6) is 0 Å². The topological polar surface area (TPSA) is 137 Å². The first-order chi connectivity index (χ1) is 43.1. The molecule has 8 nitrogen and oxygen atoms in total. The average molecular weight is 1350 g/mol. The van der Waals surface area contributed by atoms with Gasteiger partial charge in [-0.25, -0.2) is 0 Å². The molecular weight excluding hydrogens is 1300 g/mol. The fourth-order valence-electron chi connectivity index (χ4n) is 11.7. The Balaban J connectivity index is 1.40. The molecule has 0 aliphatic carbocycles. The zero-order valence-electron chi connectivity index (χ0n) is 47.9. The van der Waals surface area contributed by atoms with Gasteiger partial charge in [-0.15, -0.1) is 0 Å². The van der Waals surface area contributed by atoms with Crippen LogP contribution in [-0.2, 0) is 51.4 Å². The Bertz CT molecular complexity index is 3340. The van der Waals surface area contributed by atoms with E-state index in [1.54, 1.807) is 97.1 Å². The van der Waals surface area contributed by atoms with Crippen LogP contribution in [0.1, 0.15) is 173 Å². The fourth-order valence-corrected chi connectivity index (χ4v) is 12.7. The van der Waals surface area contributed by atoms with Crippen LogP contribution in [-0.4, -0.2) is 41.9 Å². The third kappa shape index (κ3) is 18.0. The summed E-state index contributed by atoms with van der Waals surface area (Å²) in [6, 6.07) is 62.0. The highest BCUT2D eigenvalue weighted by atomic mass is 35.5. The molecule has 0 bridgehead atoms. The number of hydrogen-bond donors (Lipinski definition) is 0. The lowest BCUT2D eigenvalue weighted by Crippen LogP contribution is -2.21. The van der Waals surface area contributed by atoms with E-state index >= 15 is 0 Å². The van der Waals surface area contributed by atoms with Crippen LogP contribution in [0.3, 0.4) is 0 Å². The second kappa shape index (κ2) is 31.1. The van der Waals surface area contributed by atoms with Crippen molar-refractivity contribution >= 4 is 135 Å². The summed E-state index contributed by atoms with van der Waals surface area (Å²) in [7, 11) is 0. The lowest BCUT2D eigenvalue weighted by molar-refractivity contribution is 0.107. The molecule has 0 amide bonds. The third-order valence-corrected chi connectivity index (χ3v) is 18.1. The molecule has 0 spiro atoms. The Kier molecular flexibility index (Phi) is 23.2. The molecule has 0 atom stereocenters. The van der Waals surface area contributed by atoms with Gasteiger partial charge in [0.15, 0.2) is 0 Å². The van der Waals surface area contributed by atoms with Gasteiger partial charge in [0.1, 0.15) is 0 Å². The molecule has 9 aromatic rings. The minimum Gasteiger partial charge on any atom is -0.276 e. The van der Waals surface area contributed by atoms with Gasteiger partial charge < -0.3 is 0 Å². The van der Waals surface area contributed by atoms with Gasteiger partial charge in [0, 0.05) is 44.5 Å². The van der Waals surface area contributed by atoms with E-state index < -0.39 is 41.9 Å². The highest BCUT2D eigenvalue weighted by Crippen LogP contribution is 2.44. The van der Waals surface area contributed by atoms with Crippen LogP contribution < -0.4 is 0 Å². The molecule has 0 aliphatic heterocycles. The van der Waals surface area contributed by atoms with Gasteiger partial charge in [-0.1, -0.05) is 109 Å². The summed E-state index contributed by atoms with van der Waals surface area (Å²) in [5.41, 5.74) is 13.5. The minimum atomic E-state index is -0.607. The van der Waals surface area contributed by atoms with Gasteiger partial charge in [0.05, 0.1) is 0 Å². The molecule has 9 rings (SSSR count). The lowest BCUT2D eigenvalue weighted by Gasteiger charge is -2.33. The fraction of sp³-hybridized carbons (Fsp3) is 0.162. The Labute approximate surface area is 561 Å². The largest absolute Gasteiger partial charge is 0.276 e. The standard InChI is InChI=1S/C74H54Cl8O8/c75-67(83)51-17-1-43(2-18-51)33-59(34-44-3-19-52(20-4-44)68(76)84)63-41-65(61(37-47-9-25-55(26-10-47)71(79)87)38-48-11-27-56(28-12-48)72(80)88)66(62(39-49-13-29-57(30-14-49)73(81)89)40-50-15-31-58(32-16-50)74(82)90)42-64(63)60(35-45-5-21-53(22-6-45)69(77)85)36-46-7-23-54(24-8-46)70(78)86/h1-32,41-42,59-62H,33-40H2. The van der Waals surface area contributed by atoms with E-state index in [1.807, 2.05) is 97.1 Å². The molecule has 0 unspecified atom stereocenters. The van der Waals surface area contributed by atoms with Crippen LogP contribution in [0.15, 0.2) is 206 Å². The van der Waals surface area contributed by atoms with Crippen molar-refractivity contribution in [3.63, 3.8) is 0 Å². The molecule has 0 heterocycles. The van der Waals surface area contributed by atoms with E-state index in [4.69, 9.17) is 92.8 Å². The van der Waals surface area contributed by atoms with Gasteiger partial charge in [-0.2, -0.15) is 0 Å². The van der Waals surface area contributed by atoms with Crippen LogP contribution in [0.2, 0.25) is 0 Å². The van der Waals surface area contributed by atoms with E-state index in [0.717, 1.165) is 66.8 Å². The van der Waals surface area contributed by atoms with Crippen molar-refractivity contribution in [2.75, 3.05) is 0 Å². The molecule has 0 radical (unpaired) electrons. The van der Waals surface area contributed by atoms with Crippen molar-refractivity contribution in [1.82, 2.24) is 0 Å². The van der Waals surface area contributed by atoms with Crippen molar-refractivity contribution in [2.24, 2.45) is 0 Å². The van der Waals surface area contributed by atoms with Crippen LogP contribution in [0.4, 0.5) is 0 Å². The van der Waals surface area contributed by atoms with Gasteiger partial charge in [0.25, 0.3) is 41.9 Å². The Morgan fingerprint density at radius 2 is 0.289 bits per heavy atom. The van der Waals surface area contributed by atoms with Crippen molar-refractivity contribution in [3.8, 4) is 0 Å². The van der Waals surface area contributed by atoms with Crippen molar-refractivity contribution in [3.05, 3.63) is 318 Å². The number of rotatable bonds is 28. The van der Waals surface area contributed by atoms with Crippen molar-refractivity contribution in [2.45, 2.75) is 75.0 Å². The molecule has 0 aliphatic rings. The van der Waals surface area contributed by atoms with Gasteiger partial charge in [0.2, 0.25) is 0 Å². The van der Waals surface area contributed by atoms with E-state index in [-0.39, 0.29) is 23.7 Å². The number of hydrogen-bond acceptors (Lipinski definition) is 8. The third-order valence-electron chi connectivity index (χ3n) is 16.4. The summed E-state index contributed by atoms with van der Waals surface area (Å²) >= 11 is 48.2. The maximum absolute atomic E-state index is 12.5. The Morgan fingerprint density at radius 3 is 0.378 bits per heavy atom. The number of carbonyl (C=O) groups excluding carboxylic acids is 8. The molecule has 0 fully saturated rings. The first-order valence-electron chi connectivity index (χ1n) is 28.6. The second-order valence-corrected chi connectivity index (χ2v) is 25.0. The molecular formula is C74H54Cl8O8. The maximum Gasteiger partial charge on any atom is 0.252 e. The Hall–Kier alpha value is -7.34. The number of benzene rings is 9. The number of halogens is 8. The first kappa shape index (κ1) is 67.1. The molecule has 0 saturated heterocycles. The average Bonchev–Trinajstić information content (AvgIpc) is 0.820. The smallest absolute Gasteiger partial charge is 0.252 e. The van der Waals surface area contributed by atoms with Crippen LogP contribution in [0.25, 0.3) is 0 Å². The van der Waals surface area contributed by atoms with Crippen LogP contribution >= 0.6 is 92.8 Å². The predicted molar refractivity (Wildman–Crippen MR) is 360 cm³/mol. The van der Waals surface area contributed by atoms with E-state index in [0.29, 0.717) is 95.9 Å². The summed E-state index contributed by atoms with van der Waals surface area (Å²) in [4.78, 5) is 100. The quantitative estimate of drug-likeness (QED) is 0.0442. The van der Waals surface area contributed by atoms with Gasteiger partial charge in [-0.3, -0.25) is 38.4 Å². The zero-order chi connectivity index (χ0) is 64.2. The molecule has 0 saturated carbocycles. The molecule has 0 N–H and O–H groups in total. The van der Waals surface area contributed by atoms with E-state index in [1.165, 1.54) is 0 Å². The zero-order valence-corrected chi connectivity index (χ0v) is 53.9. The highest BCUT2D eigenvalue weighted by molar-refractivity contribution is 6.70. The predicted octanol–water partition coefficient (Wildman–Crippen LogP) is 19.0. The van der Waals surface area contributed by atoms with Crippen molar-refractivity contribution in [1.29, 1.82) is 0 Å². The molecule has 0 aromatic heterocycles. The molecule has 90 heavy (non-hydrogen) atoms.